The van der Waals surface area contributed by atoms with Gasteiger partial charge in [-0.1, -0.05) is 37.3 Å². The van der Waals surface area contributed by atoms with E-state index >= 15 is 0 Å². The van der Waals surface area contributed by atoms with E-state index in [4.69, 9.17) is 4.99 Å². The lowest BCUT2D eigenvalue weighted by Crippen LogP contribution is -2.47. The van der Waals surface area contributed by atoms with Gasteiger partial charge in [0.25, 0.3) is 0 Å². The highest BCUT2D eigenvalue weighted by Gasteiger charge is 2.40. The van der Waals surface area contributed by atoms with E-state index in [1.807, 2.05) is 24.0 Å². The largest absolute Gasteiger partial charge is 0.354 e. The summed E-state index contributed by atoms with van der Waals surface area (Å²) in [5.74, 6) is 2.12. The summed E-state index contributed by atoms with van der Waals surface area (Å²) in [5, 5.41) is 1.07. The minimum Gasteiger partial charge on any atom is -0.354 e. The first-order chi connectivity index (χ1) is 12.7. The number of fused-ring (bicyclic) bond motifs is 1. The number of rotatable bonds is 4. The molecule has 0 N–H and O–H groups in total. The molecule has 2 aromatic rings. The van der Waals surface area contributed by atoms with E-state index in [0.29, 0.717) is 0 Å². The van der Waals surface area contributed by atoms with Crippen LogP contribution >= 0.6 is 11.8 Å². The fourth-order valence-electron chi connectivity index (χ4n) is 3.77. The Balaban J connectivity index is 1.65. The molecular weight excluding hydrogens is 340 g/mol. The number of nitrogens with zero attached hydrogens (tertiary/aromatic N) is 4. The molecule has 1 aromatic heterocycles. The van der Waals surface area contributed by atoms with Crippen LogP contribution in [0.2, 0.25) is 0 Å². The Hall–Kier alpha value is -1.85. The summed E-state index contributed by atoms with van der Waals surface area (Å²) in [4.78, 5) is 14.7. The van der Waals surface area contributed by atoms with Gasteiger partial charge in [0.1, 0.15) is 5.84 Å². The van der Waals surface area contributed by atoms with Crippen LogP contribution < -0.4 is 0 Å². The van der Waals surface area contributed by atoms with Crippen LogP contribution in [-0.4, -0.2) is 59.6 Å². The molecule has 1 saturated heterocycles. The van der Waals surface area contributed by atoms with Crippen LogP contribution in [0.3, 0.4) is 0 Å². The maximum atomic E-state index is 5.35. The van der Waals surface area contributed by atoms with Crippen LogP contribution in [0, 0.1) is 0 Å². The Morgan fingerprint density at radius 2 is 1.81 bits per heavy atom. The fraction of sp³-hybridized carbons (Fsp3) is 0.429. The molecule has 136 valence electrons. The Labute approximate surface area is 160 Å². The second kappa shape index (κ2) is 7.41. The second-order valence-corrected chi connectivity index (χ2v) is 8.11. The van der Waals surface area contributed by atoms with Crippen molar-refractivity contribution >= 4 is 17.6 Å². The van der Waals surface area contributed by atoms with Crippen LogP contribution in [0.15, 0.2) is 58.7 Å². The van der Waals surface area contributed by atoms with Crippen molar-refractivity contribution in [1.82, 2.24) is 14.8 Å². The van der Waals surface area contributed by atoms with Crippen molar-refractivity contribution in [3.05, 3.63) is 59.8 Å². The number of aromatic nitrogens is 1. The predicted octanol–water partition coefficient (Wildman–Crippen LogP) is 3.49. The van der Waals surface area contributed by atoms with Gasteiger partial charge in [-0.3, -0.25) is 4.99 Å². The number of thioether (sulfide) groups is 1. The van der Waals surface area contributed by atoms with E-state index in [-0.39, 0.29) is 5.54 Å². The Morgan fingerprint density at radius 1 is 1.04 bits per heavy atom. The molecule has 0 radical (unpaired) electrons. The molecule has 0 bridgehead atoms. The number of pyridine rings is 1. The van der Waals surface area contributed by atoms with Crippen molar-refractivity contribution in [3.63, 3.8) is 0 Å². The number of hydrogen-bond donors (Lipinski definition) is 0. The molecule has 26 heavy (non-hydrogen) atoms. The zero-order valence-corrected chi connectivity index (χ0v) is 16.4. The van der Waals surface area contributed by atoms with Gasteiger partial charge in [0.2, 0.25) is 0 Å². The quantitative estimate of drug-likeness (QED) is 0.776. The fourth-order valence-corrected chi connectivity index (χ4v) is 4.89. The molecule has 5 heteroatoms. The lowest BCUT2D eigenvalue weighted by atomic mass is 9.89. The predicted molar refractivity (Wildman–Crippen MR) is 109 cm³/mol. The molecule has 1 unspecified atom stereocenters. The average Bonchev–Trinajstić information content (AvgIpc) is 3.03. The lowest BCUT2D eigenvalue weighted by molar-refractivity contribution is 0.215. The van der Waals surface area contributed by atoms with Gasteiger partial charge in [-0.15, -0.1) is 11.8 Å². The van der Waals surface area contributed by atoms with E-state index in [2.05, 4.69) is 65.2 Å². The molecule has 4 nitrogen and oxygen atoms in total. The monoisotopic (exact) mass is 366 g/mol. The molecule has 0 aliphatic carbocycles. The van der Waals surface area contributed by atoms with Crippen molar-refractivity contribution in [2.24, 2.45) is 4.99 Å². The number of hydrogen-bond acceptors (Lipinski definition) is 5. The number of aliphatic imine (C=N–C) groups is 1. The number of likely N-dealkylation sites (N-methyl/N-ethyl adjacent to an activating group) is 1. The average molecular weight is 367 g/mol. The van der Waals surface area contributed by atoms with E-state index < -0.39 is 0 Å². The standard InChI is InChI=1S/C21H26N4S/c1-3-21(16-26-19-10-6-7-11-22-19)18-9-5-4-8-17(18)20(23-21)25-14-12-24(2)13-15-25/h4-11H,3,12-16H2,1-2H3. The first kappa shape index (κ1) is 17.6. The molecule has 1 fully saturated rings. The van der Waals surface area contributed by atoms with Crippen molar-refractivity contribution in [2.75, 3.05) is 39.0 Å². The molecular formula is C21H26N4S. The lowest BCUT2D eigenvalue weighted by Gasteiger charge is -2.34. The summed E-state index contributed by atoms with van der Waals surface area (Å²) in [6, 6.07) is 14.9. The maximum Gasteiger partial charge on any atom is 0.132 e. The summed E-state index contributed by atoms with van der Waals surface area (Å²) in [7, 11) is 2.20. The van der Waals surface area contributed by atoms with Crippen LogP contribution in [0.25, 0.3) is 0 Å². The smallest absolute Gasteiger partial charge is 0.132 e. The van der Waals surface area contributed by atoms with Gasteiger partial charge in [0, 0.05) is 43.7 Å². The summed E-state index contributed by atoms with van der Waals surface area (Å²) in [5.41, 5.74) is 2.54. The molecule has 2 aliphatic heterocycles. The number of benzene rings is 1. The van der Waals surface area contributed by atoms with E-state index in [9.17, 15) is 0 Å². The highest BCUT2D eigenvalue weighted by Crippen LogP contribution is 2.42. The van der Waals surface area contributed by atoms with Crippen LogP contribution in [-0.2, 0) is 5.54 Å². The van der Waals surface area contributed by atoms with Crippen LogP contribution in [0.1, 0.15) is 24.5 Å². The summed E-state index contributed by atoms with van der Waals surface area (Å²) >= 11 is 1.81. The van der Waals surface area contributed by atoms with Crippen molar-refractivity contribution in [2.45, 2.75) is 23.9 Å². The number of piperazine rings is 1. The van der Waals surface area contributed by atoms with Crippen LogP contribution in [0.5, 0.6) is 0 Å². The van der Waals surface area contributed by atoms with Gasteiger partial charge in [0.05, 0.1) is 10.6 Å². The van der Waals surface area contributed by atoms with Gasteiger partial charge < -0.3 is 9.80 Å². The van der Waals surface area contributed by atoms with Gasteiger partial charge in [-0.05, 0) is 31.2 Å². The van der Waals surface area contributed by atoms with Gasteiger partial charge >= 0.3 is 0 Å². The molecule has 0 saturated carbocycles. The van der Waals surface area contributed by atoms with Crippen molar-refractivity contribution < 1.29 is 0 Å². The van der Waals surface area contributed by atoms with Crippen molar-refractivity contribution in [3.8, 4) is 0 Å². The maximum absolute atomic E-state index is 5.35. The second-order valence-electron chi connectivity index (χ2n) is 7.11. The van der Waals surface area contributed by atoms with Gasteiger partial charge in [0.15, 0.2) is 0 Å². The minimum atomic E-state index is -0.155. The molecule has 1 atom stereocenters. The normalized spacial score (nSPS) is 23.0. The molecule has 3 heterocycles. The highest BCUT2D eigenvalue weighted by atomic mass is 32.2. The highest BCUT2D eigenvalue weighted by molar-refractivity contribution is 7.99. The molecule has 0 spiro atoms. The van der Waals surface area contributed by atoms with Crippen LogP contribution in [0.4, 0.5) is 0 Å². The third kappa shape index (κ3) is 3.26. The summed E-state index contributed by atoms with van der Waals surface area (Å²) in [6.07, 6.45) is 2.86. The molecule has 2 aliphatic rings. The Kier molecular flexibility index (Phi) is 5.00. The third-order valence-electron chi connectivity index (χ3n) is 5.47. The molecule has 0 amide bonds. The topological polar surface area (TPSA) is 31.7 Å². The molecule has 1 aromatic carbocycles. The Morgan fingerprint density at radius 3 is 2.54 bits per heavy atom. The zero-order chi connectivity index (χ0) is 18.0. The Bertz CT molecular complexity index is 784. The molecule has 4 rings (SSSR count). The summed E-state index contributed by atoms with van der Waals surface area (Å²) < 4.78 is 0. The SMILES string of the molecule is CCC1(CSc2ccccn2)N=C(N2CCN(C)CC2)c2ccccc21. The van der Waals surface area contributed by atoms with Gasteiger partial charge in [-0.2, -0.15) is 0 Å². The summed E-state index contributed by atoms with van der Waals surface area (Å²) in [6.45, 7) is 6.56. The third-order valence-corrected chi connectivity index (χ3v) is 6.63. The first-order valence-corrected chi connectivity index (χ1v) is 10.4. The first-order valence-electron chi connectivity index (χ1n) is 9.39. The zero-order valence-electron chi connectivity index (χ0n) is 15.6. The minimum absolute atomic E-state index is 0.155. The van der Waals surface area contributed by atoms with E-state index in [1.54, 1.807) is 0 Å². The van der Waals surface area contributed by atoms with E-state index in [0.717, 1.165) is 43.4 Å². The van der Waals surface area contributed by atoms with E-state index in [1.165, 1.54) is 17.0 Å². The van der Waals surface area contributed by atoms with Gasteiger partial charge in [-0.25, -0.2) is 4.98 Å². The number of amidine groups is 1. The van der Waals surface area contributed by atoms with Crippen molar-refractivity contribution in [1.29, 1.82) is 0 Å².